The molecule has 1 amide bonds. The molecule has 0 atom stereocenters. The van der Waals surface area contributed by atoms with Crippen molar-refractivity contribution in [3.05, 3.63) is 58.4 Å². The molecule has 0 bridgehead atoms. The quantitative estimate of drug-likeness (QED) is 0.875. The molecule has 1 aromatic heterocycles. The maximum atomic E-state index is 12.3. The molecule has 2 aromatic rings. The molecule has 106 valence electrons. The standard InChI is InChI=1S/C16H14ClN3O/c1-11-3-4-12(10-19-11)7-16(21)20(2)15-8-14(17)6-5-13(15)9-18/h3-6,8,10H,7H2,1-2H3. The van der Waals surface area contributed by atoms with Crippen LogP contribution in [-0.2, 0) is 11.2 Å². The van der Waals surface area contributed by atoms with Crippen LogP contribution in [0.5, 0.6) is 0 Å². The fourth-order valence-electron chi connectivity index (χ4n) is 1.91. The highest BCUT2D eigenvalue weighted by molar-refractivity contribution is 6.31. The normalized spacial score (nSPS) is 10.0. The monoisotopic (exact) mass is 299 g/mol. The third-order valence-electron chi connectivity index (χ3n) is 3.14. The Balaban J connectivity index is 2.21. The van der Waals surface area contributed by atoms with Crippen LogP contribution in [0.3, 0.4) is 0 Å². The summed E-state index contributed by atoms with van der Waals surface area (Å²) in [5.74, 6) is -0.126. The number of hydrogen-bond acceptors (Lipinski definition) is 3. The second-order valence-corrected chi connectivity index (χ2v) is 5.15. The van der Waals surface area contributed by atoms with Gasteiger partial charge in [-0.1, -0.05) is 17.7 Å². The molecule has 0 saturated heterocycles. The predicted molar refractivity (Wildman–Crippen MR) is 82.3 cm³/mol. The van der Waals surface area contributed by atoms with E-state index in [1.54, 1.807) is 31.4 Å². The fraction of sp³-hybridized carbons (Fsp3) is 0.188. The molecule has 0 saturated carbocycles. The van der Waals surface area contributed by atoms with E-state index in [2.05, 4.69) is 11.1 Å². The minimum atomic E-state index is -0.126. The summed E-state index contributed by atoms with van der Waals surface area (Å²) in [6.07, 6.45) is 1.91. The average molecular weight is 300 g/mol. The number of rotatable bonds is 3. The van der Waals surface area contributed by atoms with E-state index in [0.717, 1.165) is 11.3 Å². The van der Waals surface area contributed by atoms with Crippen molar-refractivity contribution in [3.8, 4) is 6.07 Å². The van der Waals surface area contributed by atoms with Gasteiger partial charge in [-0.25, -0.2) is 0 Å². The third-order valence-corrected chi connectivity index (χ3v) is 3.38. The minimum Gasteiger partial charge on any atom is -0.314 e. The van der Waals surface area contributed by atoms with Crippen LogP contribution < -0.4 is 4.90 Å². The van der Waals surface area contributed by atoms with Crippen LogP contribution in [0.1, 0.15) is 16.8 Å². The molecule has 1 aromatic carbocycles. The molecule has 2 rings (SSSR count). The highest BCUT2D eigenvalue weighted by Crippen LogP contribution is 2.24. The largest absolute Gasteiger partial charge is 0.314 e. The second kappa shape index (κ2) is 6.38. The van der Waals surface area contributed by atoms with Gasteiger partial charge in [0.2, 0.25) is 5.91 Å². The lowest BCUT2D eigenvalue weighted by Crippen LogP contribution is -2.28. The Hall–Kier alpha value is -2.38. The van der Waals surface area contributed by atoms with Crippen molar-refractivity contribution in [1.82, 2.24) is 4.98 Å². The summed E-state index contributed by atoms with van der Waals surface area (Å²) in [6.45, 7) is 1.89. The zero-order valence-corrected chi connectivity index (χ0v) is 12.6. The SMILES string of the molecule is Cc1ccc(CC(=O)N(C)c2cc(Cl)ccc2C#N)cn1. The van der Waals surface area contributed by atoms with Crippen molar-refractivity contribution in [2.45, 2.75) is 13.3 Å². The molecule has 0 radical (unpaired) electrons. The molecule has 21 heavy (non-hydrogen) atoms. The molecule has 0 aliphatic rings. The summed E-state index contributed by atoms with van der Waals surface area (Å²) < 4.78 is 0. The molecule has 5 heteroatoms. The Bertz CT molecular complexity index is 704. The van der Waals surface area contributed by atoms with E-state index >= 15 is 0 Å². The van der Waals surface area contributed by atoms with Gasteiger partial charge in [0.25, 0.3) is 0 Å². The first-order valence-corrected chi connectivity index (χ1v) is 6.77. The maximum absolute atomic E-state index is 12.3. The van der Waals surface area contributed by atoms with Crippen LogP contribution in [0.25, 0.3) is 0 Å². The number of benzene rings is 1. The smallest absolute Gasteiger partial charge is 0.231 e. The number of likely N-dealkylation sites (N-methyl/N-ethyl adjacent to an activating group) is 1. The molecule has 0 aliphatic carbocycles. The zero-order valence-electron chi connectivity index (χ0n) is 11.8. The Morgan fingerprint density at radius 3 is 2.76 bits per heavy atom. The van der Waals surface area contributed by atoms with E-state index in [1.165, 1.54) is 4.90 Å². The molecular formula is C16H14ClN3O. The summed E-state index contributed by atoms with van der Waals surface area (Å²) in [7, 11) is 1.64. The molecular weight excluding hydrogens is 286 g/mol. The Morgan fingerprint density at radius 2 is 2.14 bits per heavy atom. The van der Waals surface area contributed by atoms with E-state index in [1.807, 2.05) is 19.1 Å². The van der Waals surface area contributed by atoms with Crippen LogP contribution in [0.15, 0.2) is 36.5 Å². The fourth-order valence-corrected chi connectivity index (χ4v) is 2.07. The molecule has 0 fully saturated rings. The van der Waals surface area contributed by atoms with E-state index in [-0.39, 0.29) is 12.3 Å². The summed E-state index contributed by atoms with van der Waals surface area (Å²) >= 11 is 5.94. The van der Waals surface area contributed by atoms with Crippen LogP contribution in [0, 0.1) is 18.3 Å². The topological polar surface area (TPSA) is 57.0 Å². The lowest BCUT2D eigenvalue weighted by atomic mass is 10.1. The molecule has 4 nitrogen and oxygen atoms in total. The van der Waals surface area contributed by atoms with E-state index < -0.39 is 0 Å². The zero-order chi connectivity index (χ0) is 15.4. The first-order valence-electron chi connectivity index (χ1n) is 6.39. The molecule has 0 N–H and O–H groups in total. The van der Waals surface area contributed by atoms with Gasteiger partial charge >= 0.3 is 0 Å². The number of carbonyl (C=O) groups excluding carboxylic acids is 1. The molecule has 0 aliphatic heterocycles. The van der Waals surface area contributed by atoms with Crippen molar-refractivity contribution in [2.24, 2.45) is 0 Å². The number of carbonyl (C=O) groups is 1. The van der Waals surface area contributed by atoms with Gasteiger partial charge in [0.15, 0.2) is 0 Å². The van der Waals surface area contributed by atoms with Crippen molar-refractivity contribution >= 4 is 23.2 Å². The van der Waals surface area contributed by atoms with Crippen LogP contribution >= 0.6 is 11.6 Å². The number of pyridine rings is 1. The molecule has 0 unspecified atom stereocenters. The number of amides is 1. The summed E-state index contributed by atoms with van der Waals surface area (Å²) in [5, 5.41) is 9.61. The van der Waals surface area contributed by atoms with Crippen molar-refractivity contribution in [3.63, 3.8) is 0 Å². The van der Waals surface area contributed by atoms with Gasteiger partial charge in [-0.05, 0) is 36.8 Å². The number of nitrogens with zero attached hydrogens (tertiary/aromatic N) is 3. The average Bonchev–Trinajstić information content (AvgIpc) is 2.48. The number of hydrogen-bond donors (Lipinski definition) is 0. The number of anilines is 1. The van der Waals surface area contributed by atoms with E-state index in [0.29, 0.717) is 16.3 Å². The van der Waals surface area contributed by atoms with Crippen molar-refractivity contribution in [2.75, 3.05) is 11.9 Å². The van der Waals surface area contributed by atoms with Crippen molar-refractivity contribution in [1.29, 1.82) is 5.26 Å². The lowest BCUT2D eigenvalue weighted by Gasteiger charge is -2.19. The highest BCUT2D eigenvalue weighted by atomic mass is 35.5. The lowest BCUT2D eigenvalue weighted by molar-refractivity contribution is -0.117. The van der Waals surface area contributed by atoms with Crippen LogP contribution in [0.4, 0.5) is 5.69 Å². The van der Waals surface area contributed by atoms with Gasteiger partial charge in [-0.15, -0.1) is 0 Å². The molecule has 1 heterocycles. The van der Waals surface area contributed by atoms with Crippen LogP contribution in [0.2, 0.25) is 5.02 Å². The van der Waals surface area contributed by atoms with Gasteiger partial charge in [0, 0.05) is 24.0 Å². The van der Waals surface area contributed by atoms with E-state index in [4.69, 9.17) is 16.9 Å². The number of aryl methyl sites for hydroxylation is 1. The van der Waals surface area contributed by atoms with Crippen molar-refractivity contribution < 1.29 is 4.79 Å². The molecule has 0 spiro atoms. The first-order chi connectivity index (χ1) is 10.0. The van der Waals surface area contributed by atoms with E-state index in [9.17, 15) is 4.79 Å². The maximum Gasteiger partial charge on any atom is 0.231 e. The highest BCUT2D eigenvalue weighted by Gasteiger charge is 2.15. The summed E-state index contributed by atoms with van der Waals surface area (Å²) in [5.41, 5.74) is 2.66. The number of nitriles is 1. The number of aromatic nitrogens is 1. The van der Waals surface area contributed by atoms with Crippen LogP contribution in [-0.4, -0.2) is 17.9 Å². The second-order valence-electron chi connectivity index (χ2n) is 4.71. The summed E-state index contributed by atoms with van der Waals surface area (Å²) in [4.78, 5) is 17.9. The Labute approximate surface area is 128 Å². The summed E-state index contributed by atoms with van der Waals surface area (Å²) in [6, 6.07) is 10.7. The van der Waals surface area contributed by atoms with Gasteiger partial charge < -0.3 is 4.90 Å². The van der Waals surface area contributed by atoms with Gasteiger partial charge in [-0.3, -0.25) is 9.78 Å². The first kappa shape index (κ1) is 15.0. The van der Waals surface area contributed by atoms with Gasteiger partial charge in [0.05, 0.1) is 17.7 Å². The van der Waals surface area contributed by atoms with Gasteiger partial charge in [-0.2, -0.15) is 5.26 Å². The number of halogens is 1. The Kier molecular flexibility index (Phi) is 4.56. The predicted octanol–water partition coefficient (Wildman–Crippen LogP) is 3.12. The van der Waals surface area contributed by atoms with Gasteiger partial charge in [0.1, 0.15) is 6.07 Å². The Morgan fingerprint density at radius 1 is 1.38 bits per heavy atom. The minimum absolute atomic E-state index is 0.126. The third kappa shape index (κ3) is 3.59.